The van der Waals surface area contributed by atoms with Crippen LogP contribution in [0.2, 0.25) is 0 Å². The first-order chi connectivity index (χ1) is 10.0. The highest BCUT2D eigenvalue weighted by Crippen LogP contribution is 2.25. The number of aromatic nitrogens is 4. The van der Waals surface area contributed by atoms with Crippen LogP contribution in [-0.4, -0.2) is 28.4 Å². The number of H-pyrrole nitrogens is 1. The zero-order valence-electron chi connectivity index (χ0n) is 10.7. The van der Waals surface area contributed by atoms with Crippen molar-refractivity contribution in [1.82, 2.24) is 19.9 Å². The highest BCUT2D eigenvalue weighted by atomic mass is 32.2. The van der Waals surface area contributed by atoms with Crippen molar-refractivity contribution in [3.8, 4) is 6.07 Å². The Morgan fingerprint density at radius 3 is 2.86 bits per heavy atom. The summed E-state index contributed by atoms with van der Waals surface area (Å²) in [6, 6.07) is 1.97. The Morgan fingerprint density at radius 1 is 1.38 bits per heavy atom. The second kappa shape index (κ2) is 4.80. The van der Waals surface area contributed by atoms with Crippen LogP contribution in [0.25, 0.3) is 11.0 Å². The van der Waals surface area contributed by atoms with Gasteiger partial charge in [-0.15, -0.1) is 11.3 Å². The maximum absolute atomic E-state index is 12.3. The van der Waals surface area contributed by atoms with E-state index in [1.807, 2.05) is 6.07 Å². The number of nitriles is 1. The van der Waals surface area contributed by atoms with Gasteiger partial charge < -0.3 is 4.98 Å². The predicted octanol–water partition coefficient (Wildman–Crippen LogP) is 1.40. The second-order valence-electron chi connectivity index (χ2n) is 4.06. The Balaban J connectivity index is 2.06. The molecule has 0 saturated carbocycles. The molecule has 3 aromatic rings. The number of sulfonamides is 1. The molecule has 0 fully saturated rings. The summed E-state index contributed by atoms with van der Waals surface area (Å²) in [7, 11) is -3.77. The Morgan fingerprint density at radius 2 is 2.19 bits per heavy atom. The van der Waals surface area contributed by atoms with Gasteiger partial charge >= 0.3 is 0 Å². The van der Waals surface area contributed by atoms with Crippen LogP contribution < -0.4 is 4.72 Å². The molecular formula is C11H8N6O2S2. The number of nitrogens with one attached hydrogen (secondary N) is 2. The largest absolute Gasteiger partial charge is 0.356 e. The number of hydrogen-bond acceptors (Lipinski definition) is 7. The van der Waals surface area contributed by atoms with Gasteiger partial charge in [-0.25, -0.2) is 23.4 Å². The molecule has 3 aromatic heterocycles. The van der Waals surface area contributed by atoms with Crippen LogP contribution in [0.1, 0.15) is 10.6 Å². The fourth-order valence-corrected chi connectivity index (χ4v) is 3.87. The summed E-state index contributed by atoms with van der Waals surface area (Å²) in [4.78, 5) is 14.6. The maximum atomic E-state index is 12.3. The van der Waals surface area contributed by atoms with Gasteiger partial charge in [0.2, 0.25) is 0 Å². The Hall–Kier alpha value is -2.51. The first-order valence-electron chi connectivity index (χ1n) is 5.68. The van der Waals surface area contributed by atoms with E-state index >= 15 is 0 Å². The van der Waals surface area contributed by atoms with E-state index in [1.54, 1.807) is 6.92 Å². The average Bonchev–Trinajstić information content (AvgIpc) is 3.05. The summed E-state index contributed by atoms with van der Waals surface area (Å²) in [5.41, 5.74) is 1.05. The van der Waals surface area contributed by atoms with Crippen molar-refractivity contribution < 1.29 is 8.42 Å². The minimum absolute atomic E-state index is 0.0903. The minimum atomic E-state index is -3.77. The lowest BCUT2D eigenvalue weighted by atomic mass is 10.3. The number of hydrogen-bond donors (Lipinski definition) is 2. The molecule has 21 heavy (non-hydrogen) atoms. The molecular weight excluding hydrogens is 312 g/mol. The van der Waals surface area contributed by atoms with Gasteiger partial charge in [-0.05, 0) is 6.92 Å². The number of aryl methyl sites for hydroxylation is 1. The lowest BCUT2D eigenvalue weighted by molar-refractivity contribution is 0.603. The third-order valence-electron chi connectivity index (χ3n) is 2.68. The third kappa shape index (κ3) is 2.32. The summed E-state index contributed by atoms with van der Waals surface area (Å²) in [6.45, 7) is 1.72. The molecule has 0 bridgehead atoms. The molecule has 10 heteroatoms. The molecule has 0 aliphatic heterocycles. The average molecular weight is 320 g/mol. The fourth-order valence-electron chi connectivity index (χ4n) is 1.75. The van der Waals surface area contributed by atoms with Gasteiger partial charge in [0.1, 0.15) is 23.4 Å². The van der Waals surface area contributed by atoms with Gasteiger partial charge in [-0.3, -0.25) is 4.72 Å². The van der Waals surface area contributed by atoms with E-state index in [2.05, 4.69) is 24.7 Å². The van der Waals surface area contributed by atoms with Crippen molar-refractivity contribution >= 4 is 38.2 Å². The van der Waals surface area contributed by atoms with Crippen LogP contribution in [0.15, 0.2) is 22.9 Å². The molecule has 0 spiro atoms. The summed E-state index contributed by atoms with van der Waals surface area (Å²) < 4.78 is 27.0. The third-order valence-corrected chi connectivity index (χ3v) is 5.39. The van der Waals surface area contributed by atoms with Crippen LogP contribution in [0, 0.1) is 18.3 Å². The highest BCUT2D eigenvalue weighted by Gasteiger charge is 2.20. The smallest absolute Gasteiger partial charge is 0.274 e. The number of anilines is 1. The molecule has 0 aromatic carbocycles. The summed E-state index contributed by atoms with van der Waals surface area (Å²) >= 11 is 1.06. The Labute approximate surface area is 123 Å². The monoisotopic (exact) mass is 320 g/mol. The molecule has 3 rings (SSSR count). The van der Waals surface area contributed by atoms with Gasteiger partial charge in [-0.2, -0.15) is 5.26 Å². The van der Waals surface area contributed by atoms with Crippen molar-refractivity contribution in [1.29, 1.82) is 5.26 Å². The SMILES string of the molecule is Cc1ncc(S(=O)(=O)Nc2ncnc3c(C#N)c[nH]c23)s1. The van der Waals surface area contributed by atoms with Crippen molar-refractivity contribution in [3.05, 3.63) is 29.3 Å². The van der Waals surface area contributed by atoms with Crippen molar-refractivity contribution in [2.24, 2.45) is 0 Å². The first kappa shape index (κ1) is 13.5. The predicted molar refractivity (Wildman–Crippen MR) is 76.3 cm³/mol. The quantitative estimate of drug-likeness (QED) is 0.751. The first-order valence-corrected chi connectivity index (χ1v) is 7.98. The number of nitrogens with zero attached hydrogens (tertiary/aromatic N) is 4. The number of rotatable bonds is 3. The number of aromatic amines is 1. The van der Waals surface area contributed by atoms with E-state index in [9.17, 15) is 8.42 Å². The lowest BCUT2D eigenvalue weighted by Gasteiger charge is -2.05. The molecule has 0 saturated heterocycles. The van der Waals surface area contributed by atoms with Crippen molar-refractivity contribution in [3.63, 3.8) is 0 Å². The molecule has 8 nitrogen and oxygen atoms in total. The van der Waals surface area contributed by atoms with Crippen LogP contribution in [-0.2, 0) is 10.0 Å². The van der Waals surface area contributed by atoms with Gasteiger partial charge in [0, 0.05) is 6.20 Å². The van der Waals surface area contributed by atoms with E-state index < -0.39 is 10.0 Å². The van der Waals surface area contributed by atoms with Crippen molar-refractivity contribution in [2.75, 3.05) is 4.72 Å². The van der Waals surface area contributed by atoms with Crippen LogP contribution in [0.3, 0.4) is 0 Å². The van der Waals surface area contributed by atoms with E-state index in [-0.39, 0.29) is 10.0 Å². The lowest BCUT2D eigenvalue weighted by Crippen LogP contribution is -2.13. The number of thiazole rings is 1. The molecule has 106 valence electrons. The van der Waals surface area contributed by atoms with Crippen LogP contribution in [0.5, 0.6) is 0 Å². The molecule has 2 N–H and O–H groups in total. The number of fused-ring (bicyclic) bond motifs is 1. The van der Waals surface area contributed by atoms with E-state index in [0.29, 0.717) is 21.6 Å². The molecule has 0 aliphatic carbocycles. The Kier molecular flexibility index (Phi) is 3.08. The fraction of sp³-hybridized carbons (Fsp3) is 0.0909. The van der Waals surface area contributed by atoms with Gasteiger partial charge in [-0.1, -0.05) is 0 Å². The van der Waals surface area contributed by atoms with Crippen LogP contribution in [0.4, 0.5) is 5.82 Å². The normalized spacial score (nSPS) is 11.4. The second-order valence-corrected chi connectivity index (χ2v) is 7.21. The molecule has 3 heterocycles. The summed E-state index contributed by atoms with van der Waals surface area (Å²) in [5.74, 6) is 0.0903. The summed E-state index contributed by atoms with van der Waals surface area (Å²) in [5, 5.41) is 9.60. The van der Waals surface area contributed by atoms with Crippen LogP contribution >= 0.6 is 11.3 Å². The van der Waals surface area contributed by atoms with E-state index in [4.69, 9.17) is 5.26 Å². The van der Waals surface area contributed by atoms with E-state index in [1.165, 1.54) is 18.7 Å². The van der Waals surface area contributed by atoms with Gasteiger partial charge in [0.15, 0.2) is 10.0 Å². The molecule has 0 amide bonds. The van der Waals surface area contributed by atoms with Gasteiger partial charge in [0.05, 0.1) is 16.8 Å². The minimum Gasteiger partial charge on any atom is -0.356 e. The molecule has 0 aliphatic rings. The van der Waals surface area contributed by atoms with Crippen molar-refractivity contribution in [2.45, 2.75) is 11.1 Å². The zero-order valence-corrected chi connectivity index (χ0v) is 12.3. The van der Waals surface area contributed by atoms with E-state index in [0.717, 1.165) is 11.3 Å². The highest BCUT2D eigenvalue weighted by molar-refractivity contribution is 7.94. The Bertz CT molecular complexity index is 966. The zero-order chi connectivity index (χ0) is 15.0. The maximum Gasteiger partial charge on any atom is 0.274 e. The topological polar surface area (TPSA) is 124 Å². The summed E-state index contributed by atoms with van der Waals surface area (Å²) in [6.07, 6.45) is 3.94. The van der Waals surface area contributed by atoms with Gasteiger partial charge in [0.25, 0.3) is 10.0 Å². The molecule has 0 radical (unpaired) electrons. The molecule has 0 atom stereocenters. The standard InChI is InChI=1S/C11H8N6O2S2/c1-6-13-4-8(20-6)21(18,19)17-11-10-9(15-5-16-11)7(2-12)3-14-10/h3-5,14H,1H3,(H,15,16,17). The molecule has 0 unspecified atom stereocenters.